The Balaban J connectivity index is 2.56. The topological polar surface area (TPSA) is 46.6 Å². The van der Waals surface area contributed by atoms with E-state index in [4.69, 9.17) is 0 Å². The zero-order valence-corrected chi connectivity index (χ0v) is 11.8. The van der Waals surface area contributed by atoms with Gasteiger partial charge in [-0.05, 0) is 46.0 Å². The summed E-state index contributed by atoms with van der Waals surface area (Å²) < 4.78 is 4.69. The van der Waals surface area contributed by atoms with E-state index in [1.54, 1.807) is 19.1 Å². The number of ether oxygens (including phenoxy) is 1. The lowest BCUT2D eigenvalue weighted by Crippen LogP contribution is -2.17. The highest BCUT2D eigenvalue weighted by Gasteiger charge is 2.16. The summed E-state index contributed by atoms with van der Waals surface area (Å²) in [7, 11) is 4.09. The van der Waals surface area contributed by atoms with Gasteiger partial charge in [0.05, 0.1) is 6.61 Å². The van der Waals surface area contributed by atoms with Gasteiger partial charge in [0.15, 0.2) is 0 Å². The van der Waals surface area contributed by atoms with E-state index in [1.165, 1.54) is 5.56 Å². The minimum absolute atomic E-state index is 0.215. The largest absolute Gasteiger partial charge is 0.460 e. The second-order valence-corrected chi connectivity index (χ2v) is 4.65. The lowest BCUT2D eigenvalue weighted by atomic mass is 10.0. The molecule has 0 spiro atoms. The van der Waals surface area contributed by atoms with Crippen LogP contribution in [0.5, 0.6) is 0 Å². The van der Waals surface area contributed by atoms with Crippen molar-refractivity contribution in [2.45, 2.75) is 19.8 Å². The molecule has 19 heavy (non-hydrogen) atoms. The van der Waals surface area contributed by atoms with Gasteiger partial charge in [0, 0.05) is 5.56 Å². The third-order valence-corrected chi connectivity index (χ3v) is 2.75. The number of rotatable bonds is 7. The number of carbonyl (C=O) groups excluding carboxylic acids is 2. The van der Waals surface area contributed by atoms with Crippen LogP contribution in [0, 0.1) is 0 Å². The summed E-state index contributed by atoms with van der Waals surface area (Å²) in [4.78, 5) is 25.1. The molecule has 1 aromatic carbocycles. The molecule has 1 rings (SSSR count). The SMILES string of the molecule is CCOC(=O)C(=O)c1ccc(CCCN(C)C)cc1. The van der Waals surface area contributed by atoms with Gasteiger partial charge in [-0.1, -0.05) is 24.3 Å². The molecule has 0 heterocycles. The summed E-state index contributed by atoms with van der Waals surface area (Å²) in [6, 6.07) is 7.15. The fourth-order valence-electron chi connectivity index (χ4n) is 1.74. The lowest BCUT2D eigenvalue weighted by Gasteiger charge is -2.09. The first kappa shape index (κ1) is 15.4. The fourth-order valence-corrected chi connectivity index (χ4v) is 1.74. The summed E-state index contributed by atoms with van der Waals surface area (Å²) in [6.07, 6.45) is 2.03. The van der Waals surface area contributed by atoms with Crippen LogP contribution >= 0.6 is 0 Å². The monoisotopic (exact) mass is 263 g/mol. The normalized spacial score (nSPS) is 10.5. The Bertz CT molecular complexity index is 424. The van der Waals surface area contributed by atoms with E-state index in [-0.39, 0.29) is 6.61 Å². The van der Waals surface area contributed by atoms with Gasteiger partial charge in [-0.25, -0.2) is 4.79 Å². The van der Waals surface area contributed by atoms with Gasteiger partial charge in [0.1, 0.15) is 0 Å². The van der Waals surface area contributed by atoms with Crippen molar-refractivity contribution in [3.8, 4) is 0 Å². The zero-order chi connectivity index (χ0) is 14.3. The van der Waals surface area contributed by atoms with Crippen molar-refractivity contribution < 1.29 is 14.3 Å². The Morgan fingerprint density at radius 2 is 1.79 bits per heavy atom. The highest BCUT2D eigenvalue weighted by molar-refractivity contribution is 6.40. The Hall–Kier alpha value is -1.68. The predicted octanol–water partition coefficient (Wildman–Crippen LogP) is 1.93. The van der Waals surface area contributed by atoms with Gasteiger partial charge in [0.2, 0.25) is 0 Å². The molecule has 1 aromatic rings. The molecule has 0 unspecified atom stereocenters. The van der Waals surface area contributed by atoms with Crippen LogP contribution in [0.2, 0.25) is 0 Å². The molecule has 0 atom stereocenters. The second-order valence-electron chi connectivity index (χ2n) is 4.65. The van der Waals surface area contributed by atoms with E-state index < -0.39 is 11.8 Å². The molecule has 4 nitrogen and oxygen atoms in total. The third-order valence-electron chi connectivity index (χ3n) is 2.75. The van der Waals surface area contributed by atoms with Crippen molar-refractivity contribution in [3.63, 3.8) is 0 Å². The van der Waals surface area contributed by atoms with Crippen LogP contribution < -0.4 is 0 Å². The van der Waals surface area contributed by atoms with Crippen LogP contribution in [0.15, 0.2) is 24.3 Å². The number of benzene rings is 1. The molecule has 0 aromatic heterocycles. The van der Waals surface area contributed by atoms with E-state index in [2.05, 4.69) is 9.64 Å². The summed E-state index contributed by atoms with van der Waals surface area (Å²) in [6.45, 7) is 2.93. The number of nitrogens with zero attached hydrogens (tertiary/aromatic N) is 1. The minimum atomic E-state index is -0.789. The molecule has 0 N–H and O–H groups in total. The molecule has 0 aliphatic heterocycles. The maximum Gasteiger partial charge on any atom is 0.379 e. The van der Waals surface area contributed by atoms with Crippen molar-refractivity contribution >= 4 is 11.8 Å². The Kier molecular flexibility index (Phi) is 6.22. The molecule has 0 aliphatic rings. The van der Waals surface area contributed by atoms with Gasteiger partial charge < -0.3 is 9.64 Å². The van der Waals surface area contributed by atoms with Gasteiger partial charge >= 0.3 is 5.97 Å². The van der Waals surface area contributed by atoms with Crippen LogP contribution in [0.1, 0.15) is 29.3 Å². The fraction of sp³-hybridized carbons (Fsp3) is 0.467. The number of esters is 1. The number of hydrogen-bond donors (Lipinski definition) is 0. The van der Waals surface area contributed by atoms with Crippen molar-refractivity contribution in [2.24, 2.45) is 0 Å². The maximum atomic E-state index is 11.7. The zero-order valence-electron chi connectivity index (χ0n) is 11.8. The molecule has 0 saturated heterocycles. The smallest absolute Gasteiger partial charge is 0.379 e. The first-order chi connectivity index (χ1) is 9.04. The first-order valence-corrected chi connectivity index (χ1v) is 6.49. The molecular weight excluding hydrogens is 242 g/mol. The van der Waals surface area contributed by atoms with Crippen LogP contribution in [-0.4, -0.2) is 43.9 Å². The summed E-state index contributed by atoms with van der Waals surface area (Å²) in [5, 5.41) is 0. The Morgan fingerprint density at radius 1 is 1.16 bits per heavy atom. The number of Topliss-reactive ketones (excluding diaryl/α,β-unsaturated/α-hetero) is 1. The quantitative estimate of drug-likeness (QED) is 0.428. The number of ketones is 1. The van der Waals surface area contributed by atoms with Crippen molar-refractivity contribution in [2.75, 3.05) is 27.2 Å². The van der Waals surface area contributed by atoms with E-state index in [0.717, 1.165) is 19.4 Å². The lowest BCUT2D eigenvalue weighted by molar-refractivity contribution is -0.137. The number of carbonyl (C=O) groups is 2. The summed E-state index contributed by atoms with van der Waals surface area (Å²) in [5.41, 5.74) is 1.55. The molecule has 0 saturated carbocycles. The van der Waals surface area contributed by atoms with Crippen molar-refractivity contribution in [1.82, 2.24) is 4.90 Å². The van der Waals surface area contributed by atoms with Crippen LogP contribution in [-0.2, 0) is 16.0 Å². The summed E-state index contributed by atoms with van der Waals surface area (Å²) in [5.74, 6) is -1.37. The number of hydrogen-bond acceptors (Lipinski definition) is 4. The maximum absolute atomic E-state index is 11.7. The average molecular weight is 263 g/mol. The van der Waals surface area contributed by atoms with Gasteiger partial charge in [-0.15, -0.1) is 0 Å². The molecule has 0 aliphatic carbocycles. The van der Waals surface area contributed by atoms with Gasteiger partial charge in [-0.2, -0.15) is 0 Å². The number of aryl methyl sites for hydroxylation is 1. The highest BCUT2D eigenvalue weighted by atomic mass is 16.5. The molecule has 4 heteroatoms. The van der Waals surface area contributed by atoms with Crippen LogP contribution in [0.3, 0.4) is 0 Å². The molecule has 104 valence electrons. The third kappa shape index (κ3) is 5.22. The molecule has 0 bridgehead atoms. The molecule has 0 fully saturated rings. The summed E-state index contributed by atoms with van der Waals surface area (Å²) >= 11 is 0. The Labute approximate surface area is 114 Å². The van der Waals surface area contributed by atoms with E-state index in [9.17, 15) is 9.59 Å². The average Bonchev–Trinajstić information content (AvgIpc) is 2.38. The Morgan fingerprint density at radius 3 is 2.32 bits per heavy atom. The van der Waals surface area contributed by atoms with Crippen molar-refractivity contribution in [3.05, 3.63) is 35.4 Å². The van der Waals surface area contributed by atoms with E-state index >= 15 is 0 Å². The molecular formula is C15H21NO3. The minimum Gasteiger partial charge on any atom is -0.460 e. The molecule has 0 amide bonds. The van der Waals surface area contributed by atoms with E-state index in [1.807, 2.05) is 26.2 Å². The van der Waals surface area contributed by atoms with Gasteiger partial charge in [-0.3, -0.25) is 4.79 Å². The van der Waals surface area contributed by atoms with Crippen LogP contribution in [0.25, 0.3) is 0 Å². The van der Waals surface area contributed by atoms with Crippen molar-refractivity contribution in [1.29, 1.82) is 0 Å². The first-order valence-electron chi connectivity index (χ1n) is 6.49. The highest BCUT2D eigenvalue weighted by Crippen LogP contribution is 2.08. The predicted molar refractivity (Wildman–Crippen MR) is 74.3 cm³/mol. The van der Waals surface area contributed by atoms with Crippen LogP contribution in [0.4, 0.5) is 0 Å². The second kappa shape index (κ2) is 7.69. The molecule has 0 radical (unpaired) electrons. The standard InChI is InChI=1S/C15H21NO3/c1-4-19-15(18)14(17)13-9-7-12(8-10-13)6-5-11-16(2)3/h7-10H,4-6,11H2,1-3H3. The van der Waals surface area contributed by atoms with Gasteiger partial charge in [0.25, 0.3) is 5.78 Å². The van der Waals surface area contributed by atoms with E-state index in [0.29, 0.717) is 5.56 Å².